The van der Waals surface area contributed by atoms with Crippen molar-refractivity contribution in [3.63, 3.8) is 0 Å². The van der Waals surface area contributed by atoms with E-state index in [9.17, 15) is 14.4 Å². The first kappa shape index (κ1) is 19.4. The predicted molar refractivity (Wildman–Crippen MR) is 97.0 cm³/mol. The number of fused-ring (bicyclic) bond motifs is 1. The van der Waals surface area contributed by atoms with Gasteiger partial charge in [-0.25, -0.2) is 4.79 Å². The summed E-state index contributed by atoms with van der Waals surface area (Å²) in [6.45, 7) is 4.30. The Balaban J connectivity index is 2.12. The third kappa shape index (κ3) is 5.02. The summed E-state index contributed by atoms with van der Waals surface area (Å²) in [7, 11) is 1.53. The van der Waals surface area contributed by atoms with Crippen molar-refractivity contribution >= 4 is 34.1 Å². The topological polar surface area (TPSA) is 96.5 Å². The maximum Gasteiger partial charge on any atom is 0.341 e. The molecule has 1 aliphatic carbocycles. The highest BCUT2D eigenvalue weighted by Gasteiger charge is 2.29. The number of amides is 2. The SMILES string of the molecule is CCOC(=O)c1c(NC(=O)CNCC(=O)NC)sc2c1CC[C@H](C)C2. The Kier molecular flexibility index (Phi) is 6.95. The van der Waals surface area contributed by atoms with E-state index in [1.54, 1.807) is 6.92 Å². The van der Waals surface area contributed by atoms with Crippen LogP contribution in [-0.2, 0) is 27.2 Å². The zero-order valence-corrected chi connectivity index (χ0v) is 15.7. The Labute approximate surface area is 151 Å². The fraction of sp³-hybridized carbons (Fsp3) is 0.588. The summed E-state index contributed by atoms with van der Waals surface area (Å²) < 4.78 is 5.18. The van der Waals surface area contributed by atoms with Crippen molar-refractivity contribution in [1.29, 1.82) is 0 Å². The molecule has 0 fully saturated rings. The molecule has 8 heteroatoms. The van der Waals surface area contributed by atoms with Crippen molar-refractivity contribution in [3.05, 3.63) is 16.0 Å². The highest BCUT2D eigenvalue weighted by atomic mass is 32.1. The van der Waals surface area contributed by atoms with Gasteiger partial charge in [0.15, 0.2) is 0 Å². The highest BCUT2D eigenvalue weighted by Crippen LogP contribution is 2.40. The van der Waals surface area contributed by atoms with Gasteiger partial charge in [0, 0.05) is 11.9 Å². The molecule has 138 valence electrons. The van der Waals surface area contributed by atoms with E-state index in [1.165, 1.54) is 18.4 Å². The molecule has 0 bridgehead atoms. The van der Waals surface area contributed by atoms with E-state index in [1.807, 2.05) is 0 Å². The number of carbonyl (C=O) groups excluding carboxylic acids is 3. The lowest BCUT2D eigenvalue weighted by Crippen LogP contribution is -2.36. The van der Waals surface area contributed by atoms with Gasteiger partial charge in [-0.2, -0.15) is 0 Å². The summed E-state index contributed by atoms with van der Waals surface area (Å²) in [4.78, 5) is 36.8. The van der Waals surface area contributed by atoms with E-state index < -0.39 is 0 Å². The molecule has 7 nitrogen and oxygen atoms in total. The zero-order chi connectivity index (χ0) is 18.4. The van der Waals surface area contributed by atoms with E-state index in [-0.39, 0.29) is 30.9 Å². The van der Waals surface area contributed by atoms with Gasteiger partial charge in [0.25, 0.3) is 0 Å². The highest BCUT2D eigenvalue weighted by molar-refractivity contribution is 7.17. The molecular formula is C17H25N3O4S. The predicted octanol–water partition coefficient (Wildman–Crippen LogP) is 1.32. The molecule has 0 aliphatic heterocycles. The fourth-order valence-electron chi connectivity index (χ4n) is 2.81. The summed E-state index contributed by atoms with van der Waals surface area (Å²) in [6, 6.07) is 0. The standard InChI is InChI=1S/C17H25N3O4S/c1-4-24-17(23)15-11-6-5-10(2)7-12(11)25-16(15)20-14(22)9-19-8-13(21)18-3/h10,19H,4-9H2,1-3H3,(H,18,21)(H,20,22)/t10-/m0/s1. The molecule has 1 aliphatic rings. The number of ether oxygens (including phenoxy) is 1. The largest absolute Gasteiger partial charge is 0.462 e. The van der Waals surface area contributed by atoms with Gasteiger partial charge in [0.05, 0.1) is 25.3 Å². The van der Waals surface area contributed by atoms with Crippen LogP contribution in [0.15, 0.2) is 0 Å². The molecule has 2 rings (SSSR count). The molecule has 1 atom stereocenters. The molecule has 2 amide bonds. The summed E-state index contributed by atoms with van der Waals surface area (Å²) in [5.41, 5.74) is 1.50. The lowest BCUT2D eigenvalue weighted by atomic mass is 9.88. The summed E-state index contributed by atoms with van der Waals surface area (Å²) >= 11 is 1.45. The van der Waals surface area contributed by atoms with Crippen LogP contribution < -0.4 is 16.0 Å². The van der Waals surface area contributed by atoms with E-state index >= 15 is 0 Å². The molecule has 25 heavy (non-hydrogen) atoms. The quantitative estimate of drug-likeness (QED) is 0.632. The first-order valence-corrected chi connectivity index (χ1v) is 9.30. The second-order valence-corrected chi connectivity index (χ2v) is 7.21. The Morgan fingerprint density at radius 2 is 1.96 bits per heavy atom. The Morgan fingerprint density at radius 3 is 2.64 bits per heavy atom. The molecule has 1 aromatic rings. The Bertz CT molecular complexity index is 657. The van der Waals surface area contributed by atoms with Gasteiger partial charge in [0.2, 0.25) is 11.8 Å². The first-order valence-electron chi connectivity index (χ1n) is 8.49. The minimum absolute atomic E-state index is 0.00530. The minimum atomic E-state index is -0.386. The number of rotatable bonds is 7. The van der Waals surface area contributed by atoms with E-state index in [0.717, 1.165) is 29.7 Å². The van der Waals surface area contributed by atoms with Crippen molar-refractivity contribution in [1.82, 2.24) is 10.6 Å². The monoisotopic (exact) mass is 367 g/mol. The Morgan fingerprint density at radius 1 is 1.24 bits per heavy atom. The van der Waals surface area contributed by atoms with Gasteiger partial charge in [-0.15, -0.1) is 11.3 Å². The molecule has 1 aromatic heterocycles. The second kappa shape index (κ2) is 8.96. The summed E-state index contributed by atoms with van der Waals surface area (Å²) in [6.07, 6.45) is 2.76. The van der Waals surface area contributed by atoms with E-state index in [4.69, 9.17) is 4.74 Å². The number of nitrogens with one attached hydrogen (secondary N) is 3. The number of likely N-dealkylation sites (N-methyl/N-ethyl adjacent to an activating group) is 1. The van der Waals surface area contributed by atoms with Crippen molar-refractivity contribution in [2.75, 3.05) is 32.1 Å². The molecule has 3 N–H and O–H groups in total. The van der Waals surface area contributed by atoms with Crippen LogP contribution in [0.4, 0.5) is 5.00 Å². The Hall–Kier alpha value is -1.93. The van der Waals surface area contributed by atoms with E-state index in [0.29, 0.717) is 23.1 Å². The van der Waals surface area contributed by atoms with Gasteiger partial charge in [-0.3, -0.25) is 14.9 Å². The number of hydrogen-bond donors (Lipinski definition) is 3. The van der Waals surface area contributed by atoms with Crippen LogP contribution in [0.25, 0.3) is 0 Å². The number of esters is 1. The molecule has 0 spiro atoms. The number of hydrogen-bond acceptors (Lipinski definition) is 6. The molecule has 0 unspecified atom stereocenters. The third-order valence-corrected chi connectivity index (χ3v) is 5.26. The average Bonchev–Trinajstić information content (AvgIpc) is 2.91. The second-order valence-electron chi connectivity index (χ2n) is 6.10. The average molecular weight is 367 g/mol. The van der Waals surface area contributed by atoms with Gasteiger partial charge in [-0.05, 0) is 37.7 Å². The van der Waals surface area contributed by atoms with E-state index in [2.05, 4.69) is 22.9 Å². The van der Waals surface area contributed by atoms with Crippen LogP contribution in [0, 0.1) is 5.92 Å². The maximum absolute atomic E-state index is 12.4. The number of anilines is 1. The van der Waals surface area contributed by atoms with Crippen LogP contribution in [0.1, 0.15) is 41.1 Å². The molecule has 0 saturated carbocycles. The molecule has 0 aromatic carbocycles. The third-order valence-electron chi connectivity index (χ3n) is 4.09. The van der Waals surface area contributed by atoms with Gasteiger partial charge >= 0.3 is 5.97 Å². The van der Waals surface area contributed by atoms with Crippen LogP contribution in [0.2, 0.25) is 0 Å². The van der Waals surface area contributed by atoms with Crippen LogP contribution in [0.3, 0.4) is 0 Å². The maximum atomic E-state index is 12.4. The van der Waals surface area contributed by atoms with Crippen molar-refractivity contribution < 1.29 is 19.1 Å². The summed E-state index contributed by atoms with van der Waals surface area (Å²) in [5.74, 6) is -0.302. The number of thiophene rings is 1. The molecule has 1 heterocycles. The summed E-state index contributed by atoms with van der Waals surface area (Å²) in [5, 5.41) is 8.58. The van der Waals surface area contributed by atoms with Gasteiger partial charge < -0.3 is 15.4 Å². The number of carbonyl (C=O) groups is 3. The lowest BCUT2D eigenvalue weighted by molar-refractivity contribution is -0.120. The van der Waals surface area contributed by atoms with Crippen molar-refractivity contribution in [3.8, 4) is 0 Å². The van der Waals surface area contributed by atoms with Crippen LogP contribution in [-0.4, -0.2) is 44.5 Å². The molecule has 0 saturated heterocycles. The van der Waals surface area contributed by atoms with Gasteiger partial charge in [-0.1, -0.05) is 6.92 Å². The van der Waals surface area contributed by atoms with Crippen molar-refractivity contribution in [2.24, 2.45) is 5.92 Å². The van der Waals surface area contributed by atoms with Crippen LogP contribution in [0.5, 0.6) is 0 Å². The lowest BCUT2D eigenvalue weighted by Gasteiger charge is -2.18. The van der Waals surface area contributed by atoms with Crippen LogP contribution >= 0.6 is 11.3 Å². The van der Waals surface area contributed by atoms with Gasteiger partial charge in [0.1, 0.15) is 5.00 Å². The normalized spacial score (nSPS) is 16.0. The van der Waals surface area contributed by atoms with Crippen molar-refractivity contribution in [2.45, 2.75) is 33.1 Å². The zero-order valence-electron chi connectivity index (χ0n) is 14.9. The molecular weight excluding hydrogens is 342 g/mol. The molecule has 0 radical (unpaired) electrons. The minimum Gasteiger partial charge on any atom is -0.462 e. The smallest absolute Gasteiger partial charge is 0.341 e. The first-order chi connectivity index (χ1) is 12.0. The fourth-order valence-corrected chi connectivity index (χ4v) is 4.22.